The van der Waals surface area contributed by atoms with Crippen LogP contribution in [0.3, 0.4) is 0 Å². The van der Waals surface area contributed by atoms with Crippen molar-refractivity contribution in [2.24, 2.45) is 0 Å². The van der Waals surface area contributed by atoms with E-state index in [1.807, 2.05) is 31.3 Å². The van der Waals surface area contributed by atoms with Gasteiger partial charge in [0.25, 0.3) is 0 Å². The van der Waals surface area contributed by atoms with E-state index in [9.17, 15) is 0 Å². The van der Waals surface area contributed by atoms with Crippen molar-refractivity contribution in [3.05, 3.63) is 35.8 Å². The fourth-order valence-electron chi connectivity index (χ4n) is 2.66. The van der Waals surface area contributed by atoms with E-state index in [4.69, 9.17) is 10.5 Å². The first kappa shape index (κ1) is 13.0. The van der Waals surface area contributed by atoms with Crippen molar-refractivity contribution >= 4 is 5.82 Å². The Morgan fingerprint density at radius 1 is 1.30 bits per heavy atom. The Kier molecular flexibility index (Phi) is 3.58. The van der Waals surface area contributed by atoms with Gasteiger partial charge in [-0.1, -0.05) is 12.8 Å². The molecular weight excluding hydrogens is 252 g/mol. The van der Waals surface area contributed by atoms with E-state index in [2.05, 4.69) is 14.8 Å². The number of nitrogens with two attached hydrogens (primary N) is 1. The highest BCUT2D eigenvalue weighted by Crippen LogP contribution is 2.28. The number of nitrogen functional groups attached to an aromatic ring is 1. The third kappa shape index (κ3) is 2.76. The van der Waals surface area contributed by atoms with Crippen LogP contribution in [0, 0.1) is 6.92 Å². The smallest absolute Gasteiger partial charge is 0.166 e. The summed E-state index contributed by atoms with van der Waals surface area (Å²) in [6.45, 7) is 2.33. The number of nitrogens with zero attached hydrogens (tertiary/aromatic N) is 3. The number of anilines is 1. The van der Waals surface area contributed by atoms with Gasteiger partial charge in [-0.25, -0.2) is 4.98 Å². The maximum Gasteiger partial charge on any atom is 0.166 e. The van der Waals surface area contributed by atoms with E-state index < -0.39 is 0 Å². The van der Waals surface area contributed by atoms with Crippen LogP contribution < -0.4 is 10.5 Å². The van der Waals surface area contributed by atoms with Crippen LogP contribution in [0.25, 0.3) is 0 Å². The molecule has 1 aliphatic rings. The number of rotatable bonds is 4. The van der Waals surface area contributed by atoms with Gasteiger partial charge < -0.3 is 10.5 Å². The number of pyridine rings is 1. The molecule has 5 nitrogen and oxygen atoms in total. The second kappa shape index (κ2) is 5.53. The van der Waals surface area contributed by atoms with Crippen LogP contribution in [0.4, 0.5) is 5.82 Å². The van der Waals surface area contributed by atoms with Gasteiger partial charge in [-0.15, -0.1) is 0 Å². The Morgan fingerprint density at radius 3 is 2.85 bits per heavy atom. The average Bonchev–Trinajstić information content (AvgIpc) is 3.08. The maximum absolute atomic E-state index is 5.83. The predicted octanol–water partition coefficient (Wildman–Crippen LogP) is 2.86. The van der Waals surface area contributed by atoms with E-state index in [1.165, 1.54) is 25.7 Å². The Bertz CT molecular complexity index is 587. The summed E-state index contributed by atoms with van der Waals surface area (Å²) in [6, 6.07) is 6.32. The number of hydrogen-bond acceptors (Lipinski definition) is 4. The van der Waals surface area contributed by atoms with Crippen molar-refractivity contribution in [1.82, 2.24) is 14.8 Å². The van der Waals surface area contributed by atoms with Crippen molar-refractivity contribution in [1.29, 1.82) is 0 Å². The molecule has 0 amide bonds. The summed E-state index contributed by atoms with van der Waals surface area (Å²) >= 11 is 0. The first-order chi connectivity index (χ1) is 9.72. The minimum absolute atomic E-state index is 0.425. The molecule has 1 aliphatic carbocycles. The van der Waals surface area contributed by atoms with Crippen molar-refractivity contribution < 1.29 is 4.74 Å². The summed E-state index contributed by atoms with van der Waals surface area (Å²) < 4.78 is 7.76. The summed E-state index contributed by atoms with van der Waals surface area (Å²) in [6.07, 6.45) is 7.13. The summed E-state index contributed by atoms with van der Waals surface area (Å²) in [7, 11) is 0. The molecule has 2 aromatic rings. The molecule has 20 heavy (non-hydrogen) atoms. The number of aromatic nitrogens is 3. The van der Waals surface area contributed by atoms with Gasteiger partial charge in [0.1, 0.15) is 6.61 Å². The maximum atomic E-state index is 5.83. The highest BCUT2D eigenvalue weighted by Gasteiger charge is 2.17. The zero-order valence-corrected chi connectivity index (χ0v) is 11.7. The summed E-state index contributed by atoms with van der Waals surface area (Å²) in [5.74, 6) is 1.05. The number of hydrogen-bond donors (Lipinski definition) is 1. The van der Waals surface area contributed by atoms with Crippen LogP contribution in [-0.2, 0) is 6.61 Å². The van der Waals surface area contributed by atoms with Gasteiger partial charge in [0.15, 0.2) is 11.6 Å². The van der Waals surface area contributed by atoms with Crippen molar-refractivity contribution in [2.45, 2.75) is 45.3 Å². The first-order valence-electron chi connectivity index (χ1n) is 7.12. The van der Waals surface area contributed by atoms with Crippen LogP contribution in [0.2, 0.25) is 0 Å². The van der Waals surface area contributed by atoms with Gasteiger partial charge >= 0.3 is 0 Å². The normalized spacial score (nSPS) is 15.7. The molecule has 1 saturated carbocycles. The molecule has 106 valence electrons. The fourth-order valence-corrected chi connectivity index (χ4v) is 2.66. The van der Waals surface area contributed by atoms with Crippen LogP contribution in [0.15, 0.2) is 24.4 Å². The minimum Gasteiger partial charge on any atom is -0.483 e. The standard InChI is InChI=1S/C15H20N4O/c1-11-6-7-14(15(16)17-11)20-10-12-8-9-19(18-12)13-4-2-3-5-13/h6-9,13H,2-5,10H2,1H3,(H2,16,17). The van der Waals surface area contributed by atoms with Gasteiger partial charge in [0, 0.05) is 11.9 Å². The van der Waals surface area contributed by atoms with Crippen molar-refractivity contribution in [3.8, 4) is 5.75 Å². The lowest BCUT2D eigenvalue weighted by atomic mass is 10.3. The fraction of sp³-hybridized carbons (Fsp3) is 0.467. The largest absolute Gasteiger partial charge is 0.483 e. The Hall–Kier alpha value is -2.04. The highest BCUT2D eigenvalue weighted by molar-refractivity contribution is 5.46. The molecular formula is C15H20N4O. The molecule has 0 atom stereocenters. The molecule has 5 heteroatoms. The van der Waals surface area contributed by atoms with Gasteiger partial charge in [0.2, 0.25) is 0 Å². The molecule has 0 spiro atoms. The molecule has 0 aliphatic heterocycles. The zero-order chi connectivity index (χ0) is 13.9. The molecule has 0 radical (unpaired) electrons. The van der Waals surface area contributed by atoms with Gasteiger partial charge in [-0.05, 0) is 38.0 Å². The molecule has 2 heterocycles. The summed E-state index contributed by atoms with van der Waals surface area (Å²) in [5.41, 5.74) is 7.65. The molecule has 0 aromatic carbocycles. The third-order valence-corrected chi connectivity index (χ3v) is 3.76. The third-order valence-electron chi connectivity index (χ3n) is 3.76. The lowest BCUT2D eigenvalue weighted by Crippen LogP contribution is -2.07. The Labute approximate surface area is 118 Å². The zero-order valence-electron chi connectivity index (χ0n) is 11.7. The van der Waals surface area contributed by atoms with Crippen molar-refractivity contribution in [2.75, 3.05) is 5.73 Å². The highest BCUT2D eigenvalue weighted by atomic mass is 16.5. The van der Waals surface area contributed by atoms with Crippen LogP contribution in [-0.4, -0.2) is 14.8 Å². The summed E-state index contributed by atoms with van der Waals surface area (Å²) in [4.78, 5) is 4.18. The average molecular weight is 272 g/mol. The van der Waals surface area contributed by atoms with Gasteiger partial charge in [0.05, 0.1) is 11.7 Å². The molecule has 1 fully saturated rings. The number of ether oxygens (including phenoxy) is 1. The molecule has 0 unspecified atom stereocenters. The molecule has 2 N–H and O–H groups in total. The molecule has 0 saturated heterocycles. The monoisotopic (exact) mass is 272 g/mol. The van der Waals surface area contributed by atoms with Crippen LogP contribution in [0.1, 0.15) is 43.1 Å². The predicted molar refractivity (Wildman–Crippen MR) is 77.5 cm³/mol. The lowest BCUT2D eigenvalue weighted by Gasteiger charge is -2.09. The molecule has 3 rings (SSSR count). The van der Waals surface area contributed by atoms with E-state index in [-0.39, 0.29) is 0 Å². The topological polar surface area (TPSA) is 66.0 Å². The van der Waals surface area contributed by atoms with Gasteiger partial charge in [-0.3, -0.25) is 4.68 Å². The summed E-state index contributed by atoms with van der Waals surface area (Å²) in [5, 5.41) is 4.58. The Balaban J connectivity index is 1.63. The number of aryl methyl sites for hydroxylation is 1. The quantitative estimate of drug-likeness (QED) is 0.929. The Morgan fingerprint density at radius 2 is 2.10 bits per heavy atom. The van der Waals surface area contributed by atoms with Crippen LogP contribution >= 0.6 is 0 Å². The molecule has 0 bridgehead atoms. The SMILES string of the molecule is Cc1ccc(OCc2ccn(C3CCCC3)n2)c(N)n1. The second-order valence-corrected chi connectivity index (χ2v) is 5.35. The second-order valence-electron chi connectivity index (χ2n) is 5.35. The minimum atomic E-state index is 0.425. The van der Waals surface area contributed by atoms with Gasteiger partial charge in [-0.2, -0.15) is 5.10 Å². The van der Waals surface area contributed by atoms with E-state index >= 15 is 0 Å². The van der Waals surface area contributed by atoms with E-state index in [1.54, 1.807) is 0 Å². The van der Waals surface area contributed by atoms with Crippen LogP contribution in [0.5, 0.6) is 5.75 Å². The first-order valence-corrected chi connectivity index (χ1v) is 7.12. The van der Waals surface area contributed by atoms with E-state index in [0.29, 0.717) is 24.2 Å². The van der Waals surface area contributed by atoms with Crippen molar-refractivity contribution in [3.63, 3.8) is 0 Å². The lowest BCUT2D eigenvalue weighted by molar-refractivity contribution is 0.298. The van der Waals surface area contributed by atoms with E-state index in [0.717, 1.165) is 11.4 Å². The molecule has 2 aromatic heterocycles.